The zero-order valence-corrected chi connectivity index (χ0v) is 12.3. The normalized spacial score (nSPS) is 16.4. The number of methoxy groups -OCH3 is 1. The van der Waals surface area contributed by atoms with Gasteiger partial charge in [0, 0.05) is 12.2 Å². The Labute approximate surface area is 115 Å². The predicted octanol–water partition coefficient (Wildman–Crippen LogP) is 3.73. The van der Waals surface area contributed by atoms with Gasteiger partial charge in [-0.3, -0.25) is 0 Å². The van der Waals surface area contributed by atoms with Crippen LogP contribution in [-0.4, -0.2) is 13.7 Å². The SMILES string of the molecule is COc1cc(C)c(NCC2(C#N)CCC2)c(C)c1C. The summed E-state index contributed by atoms with van der Waals surface area (Å²) in [6, 6.07) is 4.53. The molecule has 0 bridgehead atoms. The van der Waals surface area contributed by atoms with Crippen LogP contribution in [0.4, 0.5) is 5.69 Å². The van der Waals surface area contributed by atoms with Crippen molar-refractivity contribution in [2.24, 2.45) is 5.41 Å². The van der Waals surface area contributed by atoms with Gasteiger partial charge in [0.25, 0.3) is 0 Å². The molecule has 0 saturated heterocycles. The van der Waals surface area contributed by atoms with Crippen molar-refractivity contribution >= 4 is 5.69 Å². The second-order valence-electron chi connectivity index (χ2n) is 5.62. The first kappa shape index (κ1) is 13.7. The van der Waals surface area contributed by atoms with E-state index in [1.165, 1.54) is 17.5 Å². The van der Waals surface area contributed by atoms with Gasteiger partial charge in [0.15, 0.2) is 0 Å². The van der Waals surface area contributed by atoms with Crippen LogP contribution in [0.25, 0.3) is 0 Å². The van der Waals surface area contributed by atoms with E-state index in [1.54, 1.807) is 7.11 Å². The lowest BCUT2D eigenvalue weighted by Gasteiger charge is -2.36. The minimum absolute atomic E-state index is 0.146. The molecule has 1 saturated carbocycles. The Kier molecular flexibility index (Phi) is 3.71. The van der Waals surface area contributed by atoms with Gasteiger partial charge in [-0.05, 0) is 56.4 Å². The standard InChI is InChI=1S/C16H22N2O/c1-11-8-14(19-4)12(2)13(3)15(11)18-10-16(9-17)6-5-7-16/h8,18H,5-7,10H2,1-4H3. The van der Waals surface area contributed by atoms with E-state index in [-0.39, 0.29) is 5.41 Å². The van der Waals surface area contributed by atoms with E-state index >= 15 is 0 Å². The van der Waals surface area contributed by atoms with Crippen LogP contribution in [0, 0.1) is 37.5 Å². The van der Waals surface area contributed by atoms with E-state index in [1.807, 2.05) is 0 Å². The molecule has 0 radical (unpaired) electrons. The van der Waals surface area contributed by atoms with Crippen LogP contribution in [0.5, 0.6) is 5.75 Å². The second kappa shape index (κ2) is 5.13. The summed E-state index contributed by atoms with van der Waals surface area (Å²) >= 11 is 0. The minimum atomic E-state index is -0.146. The number of ether oxygens (including phenoxy) is 1. The average molecular weight is 258 g/mol. The smallest absolute Gasteiger partial charge is 0.122 e. The van der Waals surface area contributed by atoms with E-state index in [0.29, 0.717) is 0 Å². The molecule has 0 amide bonds. The molecule has 1 aromatic rings. The van der Waals surface area contributed by atoms with Gasteiger partial charge in [-0.25, -0.2) is 0 Å². The highest BCUT2D eigenvalue weighted by atomic mass is 16.5. The maximum Gasteiger partial charge on any atom is 0.122 e. The van der Waals surface area contributed by atoms with Crippen LogP contribution in [0.3, 0.4) is 0 Å². The van der Waals surface area contributed by atoms with E-state index in [4.69, 9.17) is 4.74 Å². The van der Waals surface area contributed by atoms with E-state index in [9.17, 15) is 5.26 Å². The van der Waals surface area contributed by atoms with Gasteiger partial charge >= 0.3 is 0 Å². The molecule has 0 unspecified atom stereocenters. The third kappa shape index (κ3) is 2.40. The number of benzene rings is 1. The molecule has 2 rings (SSSR count). The van der Waals surface area contributed by atoms with E-state index in [2.05, 4.69) is 38.2 Å². The molecule has 1 aromatic carbocycles. The lowest BCUT2D eigenvalue weighted by Crippen LogP contribution is -2.35. The van der Waals surface area contributed by atoms with Crippen molar-refractivity contribution in [2.45, 2.75) is 40.0 Å². The predicted molar refractivity (Wildman–Crippen MR) is 77.6 cm³/mol. The highest BCUT2D eigenvalue weighted by Gasteiger charge is 2.37. The third-order valence-corrected chi connectivity index (χ3v) is 4.42. The van der Waals surface area contributed by atoms with Crippen molar-refractivity contribution in [1.82, 2.24) is 0 Å². The number of hydrogen-bond donors (Lipinski definition) is 1. The van der Waals surface area contributed by atoms with Crippen molar-refractivity contribution in [2.75, 3.05) is 19.0 Å². The molecule has 1 aliphatic carbocycles. The Balaban J connectivity index is 2.21. The van der Waals surface area contributed by atoms with Gasteiger partial charge in [-0.2, -0.15) is 5.26 Å². The van der Waals surface area contributed by atoms with Gasteiger partial charge < -0.3 is 10.1 Å². The molecule has 0 aromatic heterocycles. The Morgan fingerprint density at radius 1 is 1.32 bits per heavy atom. The Hall–Kier alpha value is -1.69. The fourth-order valence-corrected chi connectivity index (χ4v) is 2.72. The third-order valence-electron chi connectivity index (χ3n) is 4.42. The summed E-state index contributed by atoms with van der Waals surface area (Å²) in [5.41, 5.74) is 4.55. The molecule has 102 valence electrons. The molecule has 3 nitrogen and oxygen atoms in total. The first-order valence-electron chi connectivity index (χ1n) is 6.83. The summed E-state index contributed by atoms with van der Waals surface area (Å²) in [7, 11) is 1.70. The molecule has 3 heteroatoms. The number of nitrogens with one attached hydrogen (secondary N) is 1. The van der Waals surface area contributed by atoms with Gasteiger partial charge in [-0.1, -0.05) is 6.42 Å². The fraction of sp³-hybridized carbons (Fsp3) is 0.562. The molecular weight excluding hydrogens is 236 g/mol. The molecule has 19 heavy (non-hydrogen) atoms. The van der Waals surface area contributed by atoms with Gasteiger partial charge in [-0.15, -0.1) is 0 Å². The Morgan fingerprint density at radius 2 is 2.00 bits per heavy atom. The molecule has 0 heterocycles. The fourth-order valence-electron chi connectivity index (χ4n) is 2.72. The number of rotatable bonds is 4. The minimum Gasteiger partial charge on any atom is -0.496 e. The number of anilines is 1. The summed E-state index contributed by atoms with van der Waals surface area (Å²) in [4.78, 5) is 0. The van der Waals surface area contributed by atoms with Crippen molar-refractivity contribution in [3.8, 4) is 11.8 Å². The monoisotopic (exact) mass is 258 g/mol. The van der Waals surface area contributed by atoms with Crippen LogP contribution in [-0.2, 0) is 0 Å². The summed E-state index contributed by atoms with van der Waals surface area (Å²) in [6.45, 7) is 7.00. The summed E-state index contributed by atoms with van der Waals surface area (Å²) in [5, 5.41) is 12.8. The van der Waals surface area contributed by atoms with Crippen LogP contribution in [0.15, 0.2) is 6.07 Å². The van der Waals surface area contributed by atoms with Gasteiger partial charge in [0.1, 0.15) is 5.75 Å². The number of nitriles is 1. The zero-order valence-electron chi connectivity index (χ0n) is 12.3. The van der Waals surface area contributed by atoms with Crippen LogP contribution in [0.2, 0.25) is 0 Å². The Bertz CT molecular complexity index is 525. The maximum absolute atomic E-state index is 9.28. The van der Waals surface area contributed by atoms with Crippen LogP contribution < -0.4 is 10.1 Å². The first-order valence-corrected chi connectivity index (χ1v) is 6.83. The zero-order chi connectivity index (χ0) is 14.0. The largest absolute Gasteiger partial charge is 0.496 e. The molecule has 1 N–H and O–H groups in total. The molecule has 1 aliphatic rings. The van der Waals surface area contributed by atoms with Crippen LogP contribution >= 0.6 is 0 Å². The number of aryl methyl sites for hydroxylation is 1. The van der Waals surface area contributed by atoms with Crippen molar-refractivity contribution < 1.29 is 4.74 Å². The molecular formula is C16H22N2O. The van der Waals surface area contributed by atoms with Gasteiger partial charge in [0.2, 0.25) is 0 Å². The van der Waals surface area contributed by atoms with Gasteiger partial charge in [0.05, 0.1) is 18.6 Å². The molecule has 1 fully saturated rings. The quantitative estimate of drug-likeness (QED) is 0.895. The van der Waals surface area contributed by atoms with Crippen LogP contribution in [0.1, 0.15) is 36.0 Å². The topological polar surface area (TPSA) is 45.0 Å². The van der Waals surface area contributed by atoms with E-state index < -0.39 is 0 Å². The van der Waals surface area contributed by atoms with Crippen molar-refractivity contribution in [1.29, 1.82) is 5.26 Å². The summed E-state index contributed by atoms with van der Waals surface area (Å²) in [6.07, 6.45) is 3.21. The summed E-state index contributed by atoms with van der Waals surface area (Å²) in [5.74, 6) is 0.930. The number of nitrogens with zero attached hydrogens (tertiary/aromatic N) is 1. The lowest BCUT2D eigenvalue weighted by atomic mass is 9.70. The Morgan fingerprint density at radius 3 is 2.47 bits per heavy atom. The van der Waals surface area contributed by atoms with Crippen molar-refractivity contribution in [3.05, 3.63) is 22.8 Å². The lowest BCUT2D eigenvalue weighted by molar-refractivity contribution is 0.233. The summed E-state index contributed by atoms with van der Waals surface area (Å²) < 4.78 is 5.38. The molecule has 0 aliphatic heterocycles. The molecule has 0 atom stereocenters. The highest BCUT2D eigenvalue weighted by Crippen LogP contribution is 2.41. The average Bonchev–Trinajstić information content (AvgIpc) is 2.36. The second-order valence-corrected chi connectivity index (χ2v) is 5.62. The maximum atomic E-state index is 9.28. The first-order chi connectivity index (χ1) is 9.03. The molecule has 0 spiro atoms. The highest BCUT2D eigenvalue weighted by molar-refractivity contribution is 5.63. The van der Waals surface area contributed by atoms with E-state index in [0.717, 1.165) is 36.4 Å². The number of hydrogen-bond acceptors (Lipinski definition) is 3. The van der Waals surface area contributed by atoms with Crippen molar-refractivity contribution in [3.63, 3.8) is 0 Å².